The highest BCUT2D eigenvalue weighted by molar-refractivity contribution is 7.71. The molecule has 0 saturated carbocycles. The zero-order chi connectivity index (χ0) is 13.1. The van der Waals surface area contributed by atoms with Crippen molar-refractivity contribution in [2.75, 3.05) is 11.1 Å². The average Bonchev–Trinajstić information content (AvgIpc) is 2.24. The Labute approximate surface area is 104 Å². The number of carbonyl (C=O) groups is 1. The zero-order valence-corrected chi connectivity index (χ0v) is 10.6. The molecule has 1 aromatic rings. The Morgan fingerprint density at radius 2 is 2.06 bits per heavy atom. The first-order valence-electron chi connectivity index (χ1n) is 5.25. The summed E-state index contributed by atoms with van der Waals surface area (Å²) in [4.78, 5) is 21.9. The second-order valence-electron chi connectivity index (χ2n) is 3.64. The van der Waals surface area contributed by atoms with E-state index in [1.807, 2.05) is 13.8 Å². The monoisotopic (exact) mass is 256 g/mol. The van der Waals surface area contributed by atoms with Crippen molar-refractivity contribution in [1.82, 2.24) is 15.0 Å². The number of hydrogen-bond donors (Lipinski definition) is 4. The first-order chi connectivity index (χ1) is 7.93. The number of primary amides is 1. The molecule has 1 aromatic heterocycles. The maximum Gasteiger partial charge on any atom is 0.243 e. The van der Waals surface area contributed by atoms with E-state index in [0.29, 0.717) is 18.8 Å². The maximum atomic E-state index is 11.5. The quantitative estimate of drug-likeness (QED) is 0.571. The molecule has 0 unspecified atom stereocenters. The number of aromatic nitrogens is 3. The Kier molecular flexibility index (Phi) is 4.00. The molecule has 7 nitrogen and oxygen atoms in total. The van der Waals surface area contributed by atoms with Crippen LogP contribution in [0.15, 0.2) is 0 Å². The lowest BCUT2D eigenvalue weighted by molar-refractivity contribution is -0.122. The van der Waals surface area contributed by atoms with E-state index in [-0.39, 0.29) is 10.7 Å². The summed E-state index contributed by atoms with van der Waals surface area (Å²) in [6, 6.07) is 0. The van der Waals surface area contributed by atoms with E-state index < -0.39 is 11.4 Å². The predicted molar refractivity (Wildman–Crippen MR) is 67.8 cm³/mol. The van der Waals surface area contributed by atoms with E-state index in [1.54, 1.807) is 0 Å². The number of nitrogens with two attached hydrogens (primary N) is 2. The fourth-order valence-corrected chi connectivity index (χ4v) is 1.71. The molecule has 0 fully saturated rings. The largest absolute Gasteiger partial charge is 0.369 e. The molecular formula is C9H16N6OS. The molecule has 17 heavy (non-hydrogen) atoms. The topological polar surface area (TPSA) is 123 Å². The maximum absolute atomic E-state index is 11.5. The summed E-state index contributed by atoms with van der Waals surface area (Å²) in [5, 5.41) is 2.95. The van der Waals surface area contributed by atoms with E-state index in [2.05, 4.69) is 20.3 Å². The van der Waals surface area contributed by atoms with Crippen LogP contribution in [0.25, 0.3) is 0 Å². The number of rotatable bonds is 5. The molecule has 0 atom stereocenters. The number of H-pyrrole nitrogens is 1. The number of hydrogen-bond acceptors (Lipinski definition) is 6. The van der Waals surface area contributed by atoms with Gasteiger partial charge in [0.25, 0.3) is 0 Å². The molecule has 1 heterocycles. The highest BCUT2D eigenvalue weighted by Crippen LogP contribution is 2.19. The van der Waals surface area contributed by atoms with Gasteiger partial charge in [-0.05, 0) is 25.1 Å². The first-order valence-corrected chi connectivity index (χ1v) is 5.66. The van der Waals surface area contributed by atoms with Crippen LogP contribution in [0.2, 0.25) is 0 Å². The van der Waals surface area contributed by atoms with Crippen LogP contribution < -0.4 is 16.8 Å². The highest BCUT2D eigenvalue weighted by atomic mass is 32.1. The Bertz CT molecular complexity index is 467. The smallest absolute Gasteiger partial charge is 0.243 e. The zero-order valence-electron chi connectivity index (χ0n) is 9.78. The Morgan fingerprint density at radius 1 is 1.47 bits per heavy atom. The molecule has 1 amide bonds. The molecule has 0 aliphatic rings. The summed E-state index contributed by atoms with van der Waals surface area (Å²) in [7, 11) is 0. The number of carbonyl (C=O) groups excluding carboxylic acids is 1. The van der Waals surface area contributed by atoms with Crippen LogP contribution in [0.4, 0.5) is 11.9 Å². The van der Waals surface area contributed by atoms with E-state index >= 15 is 0 Å². The standard InChI is InChI=1S/C9H16N6OS/c1-3-9(4-2,5(10)16)15-7-12-6(11)13-8(17)14-7/h3-4H2,1-2H3,(H2,10,16)(H4,11,12,13,14,15,17). The molecule has 0 aromatic carbocycles. The van der Waals surface area contributed by atoms with Crippen LogP contribution >= 0.6 is 12.2 Å². The summed E-state index contributed by atoms with van der Waals surface area (Å²) in [6.45, 7) is 3.72. The minimum atomic E-state index is -0.862. The Morgan fingerprint density at radius 3 is 2.47 bits per heavy atom. The van der Waals surface area contributed by atoms with Gasteiger partial charge < -0.3 is 16.8 Å². The van der Waals surface area contributed by atoms with E-state index in [4.69, 9.17) is 23.7 Å². The summed E-state index contributed by atoms with van der Waals surface area (Å²) >= 11 is 4.84. The minimum absolute atomic E-state index is 0.106. The number of nitrogens with one attached hydrogen (secondary N) is 2. The SMILES string of the molecule is CCC(CC)(Nc1nc(=S)nc(N)[nH]1)C(N)=O. The highest BCUT2D eigenvalue weighted by Gasteiger charge is 2.33. The lowest BCUT2D eigenvalue weighted by Crippen LogP contribution is -2.50. The summed E-state index contributed by atoms with van der Waals surface area (Å²) in [6.07, 6.45) is 1.06. The average molecular weight is 256 g/mol. The number of nitrogen functional groups attached to an aromatic ring is 1. The van der Waals surface area contributed by atoms with Gasteiger partial charge >= 0.3 is 0 Å². The van der Waals surface area contributed by atoms with Gasteiger partial charge in [-0.25, -0.2) is 0 Å². The summed E-state index contributed by atoms with van der Waals surface area (Å²) in [5.74, 6) is -0.0120. The van der Waals surface area contributed by atoms with Crippen molar-refractivity contribution in [3.8, 4) is 0 Å². The van der Waals surface area contributed by atoms with Crippen LogP contribution in [-0.2, 0) is 4.79 Å². The molecule has 0 aliphatic carbocycles. The van der Waals surface area contributed by atoms with E-state index in [9.17, 15) is 4.79 Å². The van der Waals surface area contributed by atoms with Gasteiger partial charge in [-0.3, -0.25) is 9.78 Å². The Hall–Kier alpha value is -1.70. The lowest BCUT2D eigenvalue weighted by atomic mass is 9.92. The number of nitrogens with zero attached hydrogens (tertiary/aromatic N) is 2. The van der Waals surface area contributed by atoms with E-state index in [0.717, 1.165) is 0 Å². The third-order valence-corrected chi connectivity index (χ3v) is 2.89. The van der Waals surface area contributed by atoms with Crippen LogP contribution in [0.1, 0.15) is 26.7 Å². The number of aromatic amines is 1. The normalized spacial score (nSPS) is 11.2. The summed E-state index contributed by atoms with van der Waals surface area (Å²) in [5.41, 5.74) is 10.0. The molecule has 0 spiro atoms. The van der Waals surface area contributed by atoms with Gasteiger partial charge in [-0.2, -0.15) is 9.97 Å². The Balaban J connectivity index is 3.09. The van der Waals surface area contributed by atoms with Crippen molar-refractivity contribution in [2.45, 2.75) is 32.2 Å². The van der Waals surface area contributed by atoms with E-state index in [1.165, 1.54) is 0 Å². The van der Waals surface area contributed by atoms with Gasteiger partial charge in [0, 0.05) is 0 Å². The molecule has 94 valence electrons. The van der Waals surface area contributed by atoms with Crippen molar-refractivity contribution < 1.29 is 4.79 Å². The number of amides is 1. The van der Waals surface area contributed by atoms with Crippen molar-refractivity contribution in [3.63, 3.8) is 0 Å². The van der Waals surface area contributed by atoms with Gasteiger partial charge in [0.1, 0.15) is 5.54 Å². The molecule has 0 radical (unpaired) electrons. The molecular weight excluding hydrogens is 240 g/mol. The lowest BCUT2D eigenvalue weighted by Gasteiger charge is -2.29. The fourth-order valence-electron chi connectivity index (χ4n) is 1.52. The van der Waals surface area contributed by atoms with Gasteiger partial charge in [0.05, 0.1) is 0 Å². The van der Waals surface area contributed by atoms with Gasteiger partial charge in [-0.1, -0.05) is 13.8 Å². The third-order valence-electron chi connectivity index (χ3n) is 2.71. The molecule has 1 rings (SSSR count). The summed E-state index contributed by atoms with van der Waals surface area (Å²) < 4.78 is 0.106. The van der Waals surface area contributed by atoms with Gasteiger partial charge in [-0.15, -0.1) is 0 Å². The predicted octanol–water partition coefficient (Wildman–Crippen LogP) is 0.572. The second-order valence-corrected chi connectivity index (χ2v) is 4.01. The minimum Gasteiger partial charge on any atom is -0.369 e. The van der Waals surface area contributed by atoms with Crippen molar-refractivity contribution in [1.29, 1.82) is 0 Å². The van der Waals surface area contributed by atoms with Crippen LogP contribution in [0.3, 0.4) is 0 Å². The van der Waals surface area contributed by atoms with Crippen molar-refractivity contribution in [3.05, 3.63) is 4.77 Å². The first kappa shape index (κ1) is 13.4. The van der Waals surface area contributed by atoms with Crippen molar-refractivity contribution in [2.24, 2.45) is 5.73 Å². The van der Waals surface area contributed by atoms with Gasteiger partial charge in [0.15, 0.2) is 0 Å². The van der Waals surface area contributed by atoms with Crippen LogP contribution in [-0.4, -0.2) is 26.4 Å². The molecule has 8 heteroatoms. The molecule has 0 aliphatic heterocycles. The van der Waals surface area contributed by atoms with Crippen molar-refractivity contribution >= 4 is 30.0 Å². The molecule has 6 N–H and O–H groups in total. The molecule has 0 saturated heterocycles. The van der Waals surface area contributed by atoms with Crippen LogP contribution in [0, 0.1) is 4.77 Å². The molecule has 0 bridgehead atoms. The van der Waals surface area contributed by atoms with Crippen LogP contribution in [0.5, 0.6) is 0 Å². The fraction of sp³-hybridized carbons (Fsp3) is 0.556. The third kappa shape index (κ3) is 2.90. The van der Waals surface area contributed by atoms with Gasteiger partial charge in [0.2, 0.25) is 22.6 Å². The second kappa shape index (κ2) is 5.09. The number of anilines is 2.